The second-order valence-corrected chi connectivity index (χ2v) is 6.99. The second kappa shape index (κ2) is 11.4. The number of para-hydroxylation sites is 1. The predicted molar refractivity (Wildman–Crippen MR) is 126 cm³/mol. The van der Waals surface area contributed by atoms with Gasteiger partial charge in [-0.1, -0.05) is 25.1 Å². The molecule has 0 bridgehead atoms. The molecule has 0 radical (unpaired) electrons. The Morgan fingerprint density at radius 3 is 2.61 bits per heavy atom. The van der Waals surface area contributed by atoms with Crippen molar-refractivity contribution in [3.63, 3.8) is 0 Å². The molecule has 0 atom stereocenters. The van der Waals surface area contributed by atoms with Crippen LogP contribution in [0.25, 0.3) is 0 Å². The molecule has 7 nitrogen and oxygen atoms in total. The molecule has 154 valence electrons. The fourth-order valence-electron chi connectivity index (χ4n) is 3.08. The van der Waals surface area contributed by atoms with E-state index in [1.165, 1.54) is 11.5 Å². The maximum Gasteiger partial charge on any atom is 0.205 e. The summed E-state index contributed by atoms with van der Waals surface area (Å²) in [5, 5.41) is 4.50. The molecule has 1 aliphatic heterocycles. The lowest BCUT2D eigenvalue weighted by Gasteiger charge is -2.36. The van der Waals surface area contributed by atoms with Crippen LogP contribution in [0.2, 0.25) is 0 Å². The lowest BCUT2D eigenvalue weighted by molar-refractivity contribution is 0.335. The van der Waals surface area contributed by atoms with Crippen molar-refractivity contribution in [1.29, 1.82) is 0 Å². The lowest BCUT2D eigenvalue weighted by atomic mass is 10.2. The van der Waals surface area contributed by atoms with Gasteiger partial charge in [0.25, 0.3) is 0 Å². The standard InChI is InChI=1S/C19H28N6OS.HI/c1-4-17-22-19(27-23-17)25-12-10-24(11-13-25)18(20-3)21-14-15-8-6-7-9-16(15)26-5-2;/h6-9H,4-5,10-14H2,1-3H3,(H,20,21);1H. The Balaban J connectivity index is 0.00000280. The number of aromatic nitrogens is 2. The van der Waals surface area contributed by atoms with E-state index in [-0.39, 0.29) is 24.0 Å². The van der Waals surface area contributed by atoms with E-state index in [2.05, 4.69) is 42.5 Å². The number of halogens is 1. The van der Waals surface area contributed by atoms with Crippen LogP contribution in [0.15, 0.2) is 29.3 Å². The first-order chi connectivity index (χ1) is 13.2. The van der Waals surface area contributed by atoms with E-state index in [4.69, 9.17) is 4.74 Å². The third-order valence-electron chi connectivity index (χ3n) is 4.54. The van der Waals surface area contributed by atoms with Crippen molar-refractivity contribution in [3.05, 3.63) is 35.7 Å². The van der Waals surface area contributed by atoms with Gasteiger partial charge in [0.1, 0.15) is 11.6 Å². The van der Waals surface area contributed by atoms with Gasteiger partial charge >= 0.3 is 0 Å². The average molecular weight is 516 g/mol. The van der Waals surface area contributed by atoms with Crippen LogP contribution in [0.5, 0.6) is 5.75 Å². The number of nitrogens with zero attached hydrogens (tertiary/aromatic N) is 5. The third kappa shape index (κ3) is 5.69. The van der Waals surface area contributed by atoms with Crippen molar-refractivity contribution in [3.8, 4) is 5.75 Å². The van der Waals surface area contributed by atoms with Crippen LogP contribution in [-0.2, 0) is 13.0 Å². The van der Waals surface area contributed by atoms with Gasteiger partial charge in [0.2, 0.25) is 5.13 Å². The van der Waals surface area contributed by atoms with E-state index in [0.29, 0.717) is 13.2 Å². The number of piperazine rings is 1. The molecule has 1 aromatic carbocycles. The molecule has 1 N–H and O–H groups in total. The highest BCUT2D eigenvalue weighted by atomic mass is 127. The van der Waals surface area contributed by atoms with Gasteiger partial charge in [-0.05, 0) is 13.0 Å². The summed E-state index contributed by atoms with van der Waals surface area (Å²) in [7, 11) is 1.83. The minimum atomic E-state index is 0. The largest absolute Gasteiger partial charge is 0.494 e. The lowest BCUT2D eigenvalue weighted by Crippen LogP contribution is -2.52. The van der Waals surface area contributed by atoms with Gasteiger partial charge in [-0.2, -0.15) is 4.37 Å². The van der Waals surface area contributed by atoms with Gasteiger partial charge in [0, 0.05) is 63.3 Å². The SMILES string of the molecule is CCOc1ccccc1CNC(=NC)N1CCN(c2nc(CC)ns2)CC1.I. The molecule has 0 saturated carbocycles. The molecule has 0 aliphatic carbocycles. The summed E-state index contributed by atoms with van der Waals surface area (Å²) >= 11 is 1.50. The van der Waals surface area contributed by atoms with Crippen molar-refractivity contribution in [1.82, 2.24) is 19.6 Å². The number of guanidine groups is 1. The number of hydrogen-bond donors (Lipinski definition) is 1. The van der Waals surface area contributed by atoms with Crippen LogP contribution in [0.4, 0.5) is 5.13 Å². The first-order valence-corrected chi connectivity index (χ1v) is 10.3. The second-order valence-electron chi connectivity index (χ2n) is 6.26. The molecule has 2 aromatic rings. The van der Waals surface area contributed by atoms with Crippen LogP contribution < -0.4 is 15.0 Å². The van der Waals surface area contributed by atoms with E-state index in [9.17, 15) is 0 Å². The van der Waals surface area contributed by atoms with E-state index >= 15 is 0 Å². The predicted octanol–water partition coefficient (Wildman–Crippen LogP) is 3.01. The Morgan fingerprint density at radius 2 is 1.96 bits per heavy atom. The van der Waals surface area contributed by atoms with E-state index in [1.54, 1.807) is 0 Å². The Hall–Kier alpha value is -1.62. The molecule has 1 aromatic heterocycles. The molecular weight excluding hydrogens is 487 g/mol. The van der Waals surface area contributed by atoms with E-state index < -0.39 is 0 Å². The fourth-order valence-corrected chi connectivity index (χ4v) is 3.88. The number of nitrogens with one attached hydrogen (secondary N) is 1. The number of aliphatic imine (C=N–C) groups is 1. The molecule has 2 heterocycles. The average Bonchev–Trinajstić information content (AvgIpc) is 3.20. The molecule has 3 rings (SSSR count). The number of ether oxygens (including phenoxy) is 1. The highest BCUT2D eigenvalue weighted by molar-refractivity contribution is 14.0. The highest BCUT2D eigenvalue weighted by Gasteiger charge is 2.22. The fraction of sp³-hybridized carbons (Fsp3) is 0.526. The summed E-state index contributed by atoms with van der Waals surface area (Å²) in [5.74, 6) is 2.78. The minimum absolute atomic E-state index is 0. The van der Waals surface area contributed by atoms with Crippen LogP contribution >= 0.6 is 35.5 Å². The summed E-state index contributed by atoms with van der Waals surface area (Å²) in [6.45, 7) is 9.12. The van der Waals surface area contributed by atoms with Gasteiger partial charge in [0.15, 0.2) is 5.96 Å². The zero-order chi connectivity index (χ0) is 19.1. The Labute approximate surface area is 188 Å². The monoisotopic (exact) mass is 516 g/mol. The van der Waals surface area contributed by atoms with Gasteiger partial charge < -0.3 is 19.9 Å². The van der Waals surface area contributed by atoms with Gasteiger partial charge in [-0.15, -0.1) is 24.0 Å². The summed E-state index contributed by atoms with van der Waals surface area (Å²) in [6.07, 6.45) is 0.885. The van der Waals surface area contributed by atoms with Gasteiger partial charge in [0.05, 0.1) is 6.61 Å². The molecule has 9 heteroatoms. The zero-order valence-corrected chi connectivity index (χ0v) is 19.9. The Bertz CT molecular complexity index is 760. The molecule has 1 fully saturated rings. The molecular formula is C19H29IN6OS. The maximum absolute atomic E-state index is 5.71. The summed E-state index contributed by atoms with van der Waals surface area (Å²) < 4.78 is 10.1. The third-order valence-corrected chi connectivity index (χ3v) is 5.36. The van der Waals surface area contributed by atoms with Crippen molar-refractivity contribution in [2.45, 2.75) is 26.8 Å². The number of anilines is 1. The maximum atomic E-state index is 5.71. The van der Waals surface area contributed by atoms with Crippen LogP contribution in [0.1, 0.15) is 25.2 Å². The number of benzene rings is 1. The van der Waals surface area contributed by atoms with Gasteiger partial charge in [-0.3, -0.25) is 4.99 Å². The van der Waals surface area contributed by atoms with Gasteiger partial charge in [-0.25, -0.2) is 4.98 Å². The number of hydrogen-bond acceptors (Lipinski definition) is 6. The van der Waals surface area contributed by atoms with E-state index in [1.807, 2.05) is 32.2 Å². The quantitative estimate of drug-likeness (QED) is 0.362. The number of aryl methyl sites for hydroxylation is 1. The zero-order valence-electron chi connectivity index (χ0n) is 16.7. The molecule has 0 spiro atoms. The molecule has 0 amide bonds. The van der Waals surface area contributed by atoms with Crippen LogP contribution in [0.3, 0.4) is 0 Å². The Morgan fingerprint density at radius 1 is 1.21 bits per heavy atom. The van der Waals surface area contributed by atoms with Crippen molar-refractivity contribution in [2.24, 2.45) is 4.99 Å². The first kappa shape index (κ1) is 22.7. The van der Waals surface area contributed by atoms with Crippen LogP contribution in [-0.4, -0.2) is 60.1 Å². The smallest absolute Gasteiger partial charge is 0.205 e. The summed E-state index contributed by atoms with van der Waals surface area (Å²) in [5.41, 5.74) is 1.14. The Kier molecular flexibility index (Phi) is 9.23. The highest BCUT2D eigenvalue weighted by Crippen LogP contribution is 2.20. The van der Waals surface area contributed by atoms with Crippen molar-refractivity contribution < 1.29 is 4.74 Å². The first-order valence-electron chi connectivity index (χ1n) is 9.49. The molecule has 1 saturated heterocycles. The summed E-state index contributed by atoms with van der Waals surface area (Å²) in [4.78, 5) is 13.7. The topological polar surface area (TPSA) is 65.9 Å². The molecule has 1 aliphatic rings. The minimum Gasteiger partial charge on any atom is -0.494 e. The number of rotatable bonds is 6. The van der Waals surface area contributed by atoms with Crippen molar-refractivity contribution in [2.75, 3.05) is 44.7 Å². The normalized spacial score (nSPS) is 14.6. The molecule has 0 unspecified atom stereocenters. The van der Waals surface area contributed by atoms with E-state index in [0.717, 1.165) is 60.8 Å². The molecule has 28 heavy (non-hydrogen) atoms. The van der Waals surface area contributed by atoms with Crippen molar-refractivity contribution >= 4 is 46.6 Å². The van der Waals surface area contributed by atoms with Crippen LogP contribution in [0, 0.1) is 0 Å². The summed E-state index contributed by atoms with van der Waals surface area (Å²) in [6, 6.07) is 8.13.